The number of nitrogens with one attached hydrogen (secondary N) is 1. The van der Waals surface area contributed by atoms with E-state index in [0.717, 1.165) is 12.0 Å². The Morgan fingerprint density at radius 1 is 1.26 bits per heavy atom. The van der Waals surface area contributed by atoms with Crippen LogP contribution in [0.25, 0.3) is 0 Å². The number of ether oxygens (including phenoxy) is 1. The normalized spacial score (nSPS) is 10.2. The fourth-order valence-electron chi connectivity index (χ4n) is 1.59. The Morgan fingerprint density at radius 2 is 2.16 bits per heavy atom. The topological polar surface area (TPSA) is 59.9 Å². The highest BCUT2D eigenvalue weighted by Gasteiger charge is 2.01. The highest BCUT2D eigenvalue weighted by atomic mass is 16.5. The van der Waals surface area contributed by atoms with Gasteiger partial charge in [0.25, 0.3) is 0 Å². The van der Waals surface area contributed by atoms with E-state index in [9.17, 15) is 0 Å². The maximum atomic E-state index is 5.47. The quantitative estimate of drug-likeness (QED) is 0.863. The van der Waals surface area contributed by atoms with Gasteiger partial charge in [-0.2, -0.15) is 4.98 Å². The lowest BCUT2D eigenvalue weighted by molar-refractivity contribution is 0.305. The van der Waals surface area contributed by atoms with Gasteiger partial charge in [0.2, 0.25) is 11.8 Å². The zero-order chi connectivity index (χ0) is 13.5. The second-order valence-corrected chi connectivity index (χ2v) is 4.22. The molecule has 0 saturated carbocycles. The third-order valence-electron chi connectivity index (χ3n) is 2.66. The molecule has 2 aromatic rings. The summed E-state index contributed by atoms with van der Waals surface area (Å²) < 4.78 is 5.47. The summed E-state index contributed by atoms with van der Waals surface area (Å²) in [5, 5.41) is 3.19. The summed E-state index contributed by atoms with van der Waals surface area (Å²) in [5.41, 5.74) is 2.33. The van der Waals surface area contributed by atoms with Crippen LogP contribution in [-0.2, 0) is 6.54 Å². The van der Waals surface area contributed by atoms with Gasteiger partial charge in [0.05, 0.1) is 6.61 Å². The highest BCUT2D eigenvalue weighted by molar-refractivity contribution is 5.31. The molecule has 0 unspecified atom stereocenters. The van der Waals surface area contributed by atoms with Crippen molar-refractivity contribution in [3.8, 4) is 5.88 Å². The van der Waals surface area contributed by atoms with Gasteiger partial charge in [0.15, 0.2) is 0 Å². The Balaban J connectivity index is 1.98. The molecule has 0 aliphatic rings. The van der Waals surface area contributed by atoms with Crippen LogP contribution < -0.4 is 10.1 Å². The molecular weight excluding hydrogens is 240 g/mol. The number of anilines is 1. The number of nitrogens with zero attached hydrogens (tertiary/aromatic N) is 3. The lowest BCUT2D eigenvalue weighted by atomic mass is 10.1. The van der Waals surface area contributed by atoms with Crippen LogP contribution in [0, 0.1) is 6.92 Å². The third kappa shape index (κ3) is 3.91. The van der Waals surface area contributed by atoms with E-state index in [1.807, 2.05) is 19.2 Å². The molecule has 19 heavy (non-hydrogen) atoms. The molecule has 100 valence electrons. The van der Waals surface area contributed by atoms with Crippen LogP contribution in [-0.4, -0.2) is 21.6 Å². The Bertz CT molecular complexity index is 530. The van der Waals surface area contributed by atoms with Gasteiger partial charge in [-0.05, 0) is 30.5 Å². The maximum Gasteiger partial charge on any atom is 0.226 e. The van der Waals surface area contributed by atoms with Crippen molar-refractivity contribution >= 4 is 5.95 Å². The molecule has 0 bridgehead atoms. The number of aryl methyl sites for hydroxylation is 1. The molecule has 0 atom stereocenters. The van der Waals surface area contributed by atoms with Gasteiger partial charge in [-0.1, -0.05) is 6.92 Å². The third-order valence-corrected chi connectivity index (χ3v) is 2.66. The number of aromatic nitrogens is 3. The van der Waals surface area contributed by atoms with E-state index in [1.165, 1.54) is 5.56 Å². The van der Waals surface area contributed by atoms with Crippen molar-refractivity contribution in [3.63, 3.8) is 0 Å². The summed E-state index contributed by atoms with van der Waals surface area (Å²) in [6.07, 6.45) is 6.28. The zero-order valence-electron chi connectivity index (χ0n) is 11.3. The van der Waals surface area contributed by atoms with E-state index in [2.05, 4.69) is 27.2 Å². The molecular formula is C14H18N4O. The molecule has 5 heteroatoms. The Morgan fingerprint density at radius 3 is 2.95 bits per heavy atom. The first-order valence-electron chi connectivity index (χ1n) is 6.39. The molecule has 0 aliphatic carbocycles. The van der Waals surface area contributed by atoms with Crippen molar-refractivity contribution in [1.29, 1.82) is 0 Å². The van der Waals surface area contributed by atoms with E-state index in [1.54, 1.807) is 18.5 Å². The summed E-state index contributed by atoms with van der Waals surface area (Å²) in [6.45, 7) is 5.43. The van der Waals surface area contributed by atoms with E-state index in [0.29, 0.717) is 25.0 Å². The standard InChI is InChI=1S/C14H18N4O/c1-3-8-19-13-5-7-16-14(18-13)17-10-12-4-6-15-9-11(12)2/h4-7,9H,3,8,10H2,1-2H3,(H,16,17,18). The predicted octanol–water partition coefficient (Wildman–Crippen LogP) is 2.58. The van der Waals surface area contributed by atoms with Crippen molar-refractivity contribution in [2.24, 2.45) is 0 Å². The summed E-state index contributed by atoms with van der Waals surface area (Å²) in [5.74, 6) is 1.18. The molecule has 2 rings (SSSR count). The largest absolute Gasteiger partial charge is 0.478 e. The average Bonchev–Trinajstić information content (AvgIpc) is 2.45. The predicted molar refractivity (Wildman–Crippen MR) is 74.1 cm³/mol. The first-order valence-corrected chi connectivity index (χ1v) is 6.39. The van der Waals surface area contributed by atoms with Crippen molar-refractivity contribution < 1.29 is 4.74 Å². The molecule has 0 radical (unpaired) electrons. The van der Waals surface area contributed by atoms with Crippen molar-refractivity contribution in [1.82, 2.24) is 15.0 Å². The monoisotopic (exact) mass is 258 g/mol. The molecule has 0 amide bonds. The molecule has 0 fully saturated rings. The molecule has 2 heterocycles. The van der Waals surface area contributed by atoms with Crippen LogP contribution in [0.1, 0.15) is 24.5 Å². The summed E-state index contributed by atoms with van der Waals surface area (Å²) in [7, 11) is 0. The van der Waals surface area contributed by atoms with Gasteiger partial charge < -0.3 is 10.1 Å². The number of hydrogen-bond donors (Lipinski definition) is 1. The van der Waals surface area contributed by atoms with Gasteiger partial charge in [0.1, 0.15) is 0 Å². The van der Waals surface area contributed by atoms with Crippen molar-refractivity contribution in [2.75, 3.05) is 11.9 Å². The number of rotatable bonds is 6. The Kier molecular flexibility index (Phi) is 4.66. The molecule has 0 aromatic carbocycles. The molecule has 2 aromatic heterocycles. The first kappa shape index (κ1) is 13.3. The highest BCUT2D eigenvalue weighted by Crippen LogP contribution is 2.11. The van der Waals surface area contributed by atoms with E-state index in [-0.39, 0.29) is 0 Å². The van der Waals surface area contributed by atoms with Gasteiger partial charge in [-0.25, -0.2) is 4.98 Å². The summed E-state index contributed by atoms with van der Waals surface area (Å²) in [6, 6.07) is 3.75. The minimum atomic E-state index is 0.574. The molecule has 1 N–H and O–H groups in total. The number of pyridine rings is 1. The minimum absolute atomic E-state index is 0.574. The van der Waals surface area contributed by atoms with Crippen LogP contribution in [0.2, 0.25) is 0 Å². The van der Waals surface area contributed by atoms with Crippen molar-refractivity contribution in [3.05, 3.63) is 41.9 Å². The van der Waals surface area contributed by atoms with Gasteiger partial charge in [-0.3, -0.25) is 4.98 Å². The van der Waals surface area contributed by atoms with Crippen LogP contribution in [0.3, 0.4) is 0 Å². The second kappa shape index (κ2) is 6.68. The van der Waals surface area contributed by atoms with Gasteiger partial charge >= 0.3 is 0 Å². The number of hydrogen-bond acceptors (Lipinski definition) is 5. The van der Waals surface area contributed by atoms with Crippen LogP contribution >= 0.6 is 0 Å². The van der Waals surface area contributed by atoms with E-state index in [4.69, 9.17) is 4.74 Å². The zero-order valence-corrected chi connectivity index (χ0v) is 11.3. The van der Waals surface area contributed by atoms with E-state index >= 15 is 0 Å². The van der Waals surface area contributed by atoms with Crippen LogP contribution in [0.15, 0.2) is 30.7 Å². The molecule has 0 aliphatic heterocycles. The first-order chi connectivity index (χ1) is 9.29. The van der Waals surface area contributed by atoms with Crippen LogP contribution in [0.4, 0.5) is 5.95 Å². The minimum Gasteiger partial charge on any atom is -0.478 e. The fraction of sp³-hybridized carbons (Fsp3) is 0.357. The summed E-state index contributed by atoms with van der Waals surface area (Å²) >= 11 is 0. The lowest BCUT2D eigenvalue weighted by Gasteiger charge is -2.08. The van der Waals surface area contributed by atoms with Crippen LogP contribution in [0.5, 0.6) is 5.88 Å². The second-order valence-electron chi connectivity index (χ2n) is 4.22. The SMILES string of the molecule is CCCOc1ccnc(NCc2ccncc2C)n1. The van der Waals surface area contributed by atoms with Gasteiger partial charge in [-0.15, -0.1) is 0 Å². The van der Waals surface area contributed by atoms with E-state index < -0.39 is 0 Å². The Labute approximate surface area is 113 Å². The smallest absolute Gasteiger partial charge is 0.226 e. The van der Waals surface area contributed by atoms with Crippen molar-refractivity contribution in [2.45, 2.75) is 26.8 Å². The summed E-state index contributed by atoms with van der Waals surface area (Å²) in [4.78, 5) is 12.5. The van der Waals surface area contributed by atoms with Gasteiger partial charge in [0, 0.05) is 31.2 Å². The average molecular weight is 258 g/mol. The molecule has 5 nitrogen and oxygen atoms in total. The maximum absolute atomic E-state index is 5.47. The molecule has 0 spiro atoms. The fourth-order valence-corrected chi connectivity index (χ4v) is 1.59. The lowest BCUT2D eigenvalue weighted by Crippen LogP contribution is -2.06. The molecule has 0 saturated heterocycles. The Hall–Kier alpha value is -2.17.